The number of methoxy groups -OCH3 is 1. The van der Waals surface area contributed by atoms with Gasteiger partial charge in [-0.2, -0.15) is 0 Å². The largest absolute Gasteiger partial charge is 0.497 e. The lowest BCUT2D eigenvalue weighted by Crippen LogP contribution is -2.13. The molecule has 0 aliphatic heterocycles. The topological polar surface area (TPSA) is 51.2 Å². The zero-order valence-corrected chi connectivity index (χ0v) is 11.8. The van der Waals surface area contributed by atoms with E-state index in [2.05, 4.69) is 10.3 Å². The molecule has 0 aliphatic carbocycles. The highest BCUT2D eigenvalue weighted by molar-refractivity contribution is 6.35. The van der Waals surface area contributed by atoms with Gasteiger partial charge in [-0.05, 0) is 30.3 Å². The van der Waals surface area contributed by atoms with Crippen molar-refractivity contribution in [2.24, 2.45) is 0 Å². The minimum absolute atomic E-state index is 0.0932. The Morgan fingerprint density at radius 2 is 1.90 bits per heavy atom. The number of carbonyl (C=O) groups is 1. The minimum Gasteiger partial charge on any atom is -0.497 e. The van der Waals surface area contributed by atoms with Crippen LogP contribution in [-0.2, 0) is 0 Å². The molecule has 0 unspecified atom stereocenters. The molecule has 0 atom stereocenters. The van der Waals surface area contributed by atoms with Crippen molar-refractivity contribution in [2.45, 2.75) is 0 Å². The fourth-order valence-corrected chi connectivity index (χ4v) is 1.88. The van der Waals surface area contributed by atoms with Crippen LogP contribution in [0, 0.1) is 5.82 Å². The molecule has 104 valence electrons. The zero-order valence-electron chi connectivity index (χ0n) is 10.3. The Balaban J connectivity index is 2.21. The van der Waals surface area contributed by atoms with E-state index in [1.807, 2.05) is 0 Å². The molecule has 1 amide bonds. The molecule has 0 aliphatic rings. The number of carbonyl (C=O) groups excluding carboxylic acids is 1. The van der Waals surface area contributed by atoms with Gasteiger partial charge in [0.1, 0.15) is 10.9 Å². The van der Waals surface area contributed by atoms with E-state index >= 15 is 0 Å². The van der Waals surface area contributed by atoms with Gasteiger partial charge < -0.3 is 10.1 Å². The van der Waals surface area contributed by atoms with Crippen LogP contribution >= 0.6 is 23.2 Å². The lowest BCUT2D eigenvalue weighted by molar-refractivity contribution is 0.102. The van der Waals surface area contributed by atoms with Crippen LogP contribution in [0.5, 0.6) is 5.75 Å². The molecule has 1 aromatic heterocycles. The molecule has 0 radical (unpaired) electrons. The van der Waals surface area contributed by atoms with Crippen LogP contribution in [0.4, 0.5) is 10.1 Å². The van der Waals surface area contributed by atoms with E-state index in [0.717, 1.165) is 6.07 Å². The summed E-state index contributed by atoms with van der Waals surface area (Å²) in [4.78, 5) is 15.5. The van der Waals surface area contributed by atoms with Crippen molar-refractivity contribution in [3.05, 3.63) is 52.0 Å². The van der Waals surface area contributed by atoms with Crippen molar-refractivity contribution in [1.82, 2.24) is 4.98 Å². The van der Waals surface area contributed by atoms with Crippen molar-refractivity contribution in [2.75, 3.05) is 12.4 Å². The number of nitrogens with one attached hydrogen (secondary N) is 1. The second-order valence-corrected chi connectivity index (χ2v) is 4.50. The van der Waals surface area contributed by atoms with Gasteiger partial charge in [-0.25, -0.2) is 9.37 Å². The standard InChI is InChI=1S/C13H9Cl2FN2O2/c1-20-8-4-2-7(3-5-8)17-13(19)9-6-10(16)12(15)18-11(9)14/h2-6H,1H3,(H,17,19). The summed E-state index contributed by atoms with van der Waals surface area (Å²) in [5, 5.41) is 2.03. The highest BCUT2D eigenvalue weighted by Crippen LogP contribution is 2.22. The molecule has 20 heavy (non-hydrogen) atoms. The maximum absolute atomic E-state index is 13.3. The first kappa shape index (κ1) is 14.6. The Labute approximate surface area is 124 Å². The number of pyridine rings is 1. The number of rotatable bonds is 3. The molecule has 4 nitrogen and oxygen atoms in total. The molecular formula is C13H9Cl2FN2O2. The van der Waals surface area contributed by atoms with Gasteiger partial charge in [0.05, 0.1) is 12.7 Å². The second kappa shape index (κ2) is 6.07. The SMILES string of the molecule is COc1ccc(NC(=O)c2cc(F)c(Cl)nc2Cl)cc1. The van der Waals surface area contributed by atoms with Crippen LogP contribution in [0.25, 0.3) is 0 Å². The molecule has 2 rings (SSSR count). The second-order valence-electron chi connectivity index (χ2n) is 3.78. The van der Waals surface area contributed by atoms with E-state index in [9.17, 15) is 9.18 Å². The molecule has 1 N–H and O–H groups in total. The fraction of sp³-hybridized carbons (Fsp3) is 0.0769. The van der Waals surface area contributed by atoms with E-state index in [4.69, 9.17) is 27.9 Å². The molecular weight excluding hydrogens is 306 g/mol. The summed E-state index contributed by atoms with van der Waals surface area (Å²) in [7, 11) is 1.54. The third-order valence-electron chi connectivity index (χ3n) is 2.48. The number of benzene rings is 1. The van der Waals surface area contributed by atoms with Crippen LogP contribution in [0.3, 0.4) is 0 Å². The van der Waals surface area contributed by atoms with E-state index in [1.165, 1.54) is 7.11 Å². The number of amides is 1. The lowest BCUT2D eigenvalue weighted by Gasteiger charge is -2.07. The first-order chi connectivity index (χ1) is 9.51. The predicted molar refractivity (Wildman–Crippen MR) is 75.2 cm³/mol. The molecule has 7 heteroatoms. The average molecular weight is 315 g/mol. The third kappa shape index (κ3) is 3.18. The summed E-state index contributed by atoms with van der Waals surface area (Å²) in [6, 6.07) is 7.58. The van der Waals surface area contributed by atoms with Crippen LogP contribution in [0.2, 0.25) is 10.3 Å². The van der Waals surface area contributed by atoms with Crippen LogP contribution < -0.4 is 10.1 Å². The monoisotopic (exact) mass is 314 g/mol. The quantitative estimate of drug-likeness (QED) is 0.877. The van der Waals surface area contributed by atoms with Crippen LogP contribution in [0.15, 0.2) is 30.3 Å². The summed E-state index contributed by atoms with van der Waals surface area (Å²) in [6.07, 6.45) is 0. The zero-order chi connectivity index (χ0) is 14.7. The number of nitrogens with zero attached hydrogens (tertiary/aromatic N) is 1. The highest BCUT2D eigenvalue weighted by atomic mass is 35.5. The third-order valence-corrected chi connectivity index (χ3v) is 3.03. The van der Waals surface area contributed by atoms with E-state index in [-0.39, 0.29) is 15.9 Å². The minimum atomic E-state index is -0.809. The van der Waals surface area contributed by atoms with Crippen LogP contribution in [-0.4, -0.2) is 18.0 Å². The predicted octanol–water partition coefficient (Wildman–Crippen LogP) is 3.79. The number of halogens is 3. The summed E-state index contributed by atoms with van der Waals surface area (Å²) < 4.78 is 18.3. The molecule has 1 heterocycles. The Hall–Kier alpha value is -1.85. The molecule has 0 saturated carbocycles. The summed E-state index contributed by atoms with van der Waals surface area (Å²) in [5.74, 6) is -0.737. The Kier molecular flexibility index (Phi) is 4.42. The molecule has 2 aromatic rings. The fourth-order valence-electron chi connectivity index (χ4n) is 1.48. The Morgan fingerprint density at radius 3 is 2.50 bits per heavy atom. The molecule has 0 saturated heterocycles. The average Bonchev–Trinajstić information content (AvgIpc) is 2.43. The lowest BCUT2D eigenvalue weighted by atomic mass is 10.2. The molecule has 0 spiro atoms. The molecule has 0 bridgehead atoms. The molecule has 1 aromatic carbocycles. The highest BCUT2D eigenvalue weighted by Gasteiger charge is 2.15. The van der Waals surface area contributed by atoms with E-state index in [0.29, 0.717) is 11.4 Å². The molecule has 0 fully saturated rings. The van der Waals surface area contributed by atoms with Crippen molar-refractivity contribution < 1.29 is 13.9 Å². The van der Waals surface area contributed by atoms with Gasteiger partial charge in [-0.3, -0.25) is 4.79 Å². The summed E-state index contributed by atoms with van der Waals surface area (Å²) in [6.45, 7) is 0. The normalized spacial score (nSPS) is 10.2. The van der Waals surface area contributed by atoms with Gasteiger partial charge in [0.2, 0.25) is 0 Å². The summed E-state index contributed by atoms with van der Waals surface area (Å²) in [5.41, 5.74) is 0.423. The number of hydrogen-bond acceptors (Lipinski definition) is 3. The van der Waals surface area contributed by atoms with E-state index < -0.39 is 11.7 Å². The maximum atomic E-state index is 13.3. The van der Waals surface area contributed by atoms with Crippen molar-refractivity contribution in [3.8, 4) is 5.75 Å². The number of ether oxygens (including phenoxy) is 1. The van der Waals surface area contributed by atoms with Gasteiger partial charge in [-0.1, -0.05) is 23.2 Å². The first-order valence-electron chi connectivity index (χ1n) is 5.48. The van der Waals surface area contributed by atoms with Crippen molar-refractivity contribution >= 4 is 34.8 Å². The number of aromatic nitrogens is 1. The van der Waals surface area contributed by atoms with Gasteiger partial charge >= 0.3 is 0 Å². The van der Waals surface area contributed by atoms with Crippen molar-refractivity contribution in [1.29, 1.82) is 0 Å². The smallest absolute Gasteiger partial charge is 0.258 e. The number of anilines is 1. The van der Waals surface area contributed by atoms with Gasteiger partial charge in [0.25, 0.3) is 5.91 Å². The Bertz CT molecular complexity index is 648. The number of hydrogen-bond donors (Lipinski definition) is 1. The van der Waals surface area contributed by atoms with Gasteiger partial charge in [-0.15, -0.1) is 0 Å². The van der Waals surface area contributed by atoms with Crippen LogP contribution in [0.1, 0.15) is 10.4 Å². The first-order valence-corrected chi connectivity index (χ1v) is 6.24. The van der Waals surface area contributed by atoms with Gasteiger partial charge in [0.15, 0.2) is 11.0 Å². The van der Waals surface area contributed by atoms with Crippen molar-refractivity contribution in [3.63, 3.8) is 0 Å². The maximum Gasteiger partial charge on any atom is 0.258 e. The Morgan fingerprint density at radius 1 is 1.25 bits per heavy atom. The van der Waals surface area contributed by atoms with Gasteiger partial charge in [0, 0.05) is 5.69 Å². The summed E-state index contributed by atoms with van der Waals surface area (Å²) >= 11 is 11.2. The van der Waals surface area contributed by atoms with E-state index in [1.54, 1.807) is 24.3 Å².